The van der Waals surface area contributed by atoms with Crippen LogP contribution >= 0.6 is 0 Å². The maximum absolute atomic E-state index is 12.9. The van der Waals surface area contributed by atoms with Crippen molar-refractivity contribution in [2.24, 2.45) is 5.73 Å². The number of halogens is 3. The average molecular weight is 400 g/mol. The first-order valence-electron chi connectivity index (χ1n) is 9.10. The first-order chi connectivity index (χ1) is 13.3. The van der Waals surface area contributed by atoms with Gasteiger partial charge < -0.3 is 20.7 Å². The zero-order valence-electron chi connectivity index (χ0n) is 15.2. The second-order valence-electron chi connectivity index (χ2n) is 6.90. The molecule has 0 spiro atoms. The first-order valence-corrected chi connectivity index (χ1v) is 9.10. The predicted molar refractivity (Wildman–Crippen MR) is 96.9 cm³/mol. The normalized spacial score (nSPS) is 19.0. The van der Waals surface area contributed by atoms with Crippen LogP contribution in [-0.2, 0) is 14.3 Å². The summed E-state index contributed by atoms with van der Waals surface area (Å²) in [7, 11) is 0. The highest BCUT2D eigenvalue weighted by Crippen LogP contribution is 2.32. The maximum Gasteiger partial charge on any atom is 0.401 e. The molecule has 1 aliphatic heterocycles. The Morgan fingerprint density at radius 2 is 2.00 bits per heavy atom. The van der Waals surface area contributed by atoms with Crippen molar-refractivity contribution in [2.45, 2.75) is 31.1 Å². The van der Waals surface area contributed by atoms with Crippen molar-refractivity contribution in [3.05, 3.63) is 24.3 Å². The van der Waals surface area contributed by atoms with Crippen molar-refractivity contribution < 1.29 is 27.5 Å². The number of nitrogens with one attached hydrogen (secondary N) is 1. The summed E-state index contributed by atoms with van der Waals surface area (Å²) < 4.78 is 43.7. The topological polar surface area (TPSA) is 87.9 Å². The fourth-order valence-corrected chi connectivity index (χ4v) is 3.24. The number of nitrogens with two attached hydrogens (primary N) is 1. The molecule has 10 heteroatoms. The summed E-state index contributed by atoms with van der Waals surface area (Å²) in [6.45, 7) is -0.469. The number of hydrogen-bond donors (Lipinski definition) is 2. The van der Waals surface area contributed by atoms with Gasteiger partial charge in [-0.05, 0) is 37.1 Å². The van der Waals surface area contributed by atoms with E-state index >= 15 is 0 Å². The van der Waals surface area contributed by atoms with Gasteiger partial charge in [0.25, 0.3) is 5.91 Å². The lowest BCUT2D eigenvalue weighted by Gasteiger charge is -2.30. The number of anilines is 2. The lowest BCUT2D eigenvalue weighted by Crippen LogP contribution is -2.52. The Morgan fingerprint density at radius 1 is 1.32 bits per heavy atom. The van der Waals surface area contributed by atoms with Gasteiger partial charge in [0, 0.05) is 30.5 Å². The van der Waals surface area contributed by atoms with E-state index in [1.54, 1.807) is 29.2 Å². The molecule has 0 unspecified atom stereocenters. The summed E-state index contributed by atoms with van der Waals surface area (Å²) in [5.74, 6) is -0.729. The Balaban J connectivity index is 1.66. The summed E-state index contributed by atoms with van der Waals surface area (Å²) in [5.41, 5.74) is 6.72. The number of alkyl halides is 3. The Kier molecular flexibility index (Phi) is 6.21. The molecule has 1 saturated carbocycles. The molecule has 2 aliphatic rings. The number of ether oxygens (including phenoxy) is 1. The maximum atomic E-state index is 12.9. The minimum Gasteiger partial charge on any atom is -0.370 e. The third-order valence-electron chi connectivity index (χ3n) is 4.74. The second-order valence-corrected chi connectivity index (χ2v) is 6.90. The van der Waals surface area contributed by atoms with Gasteiger partial charge >= 0.3 is 6.18 Å². The third-order valence-corrected chi connectivity index (χ3v) is 4.74. The van der Waals surface area contributed by atoms with E-state index in [1.807, 2.05) is 0 Å². The number of carbonyl (C=O) groups is 2. The standard InChI is InChI=1S/C18H23F3N4O3/c19-18(20,21)11-25(14-5-6-14)15(9-22)17(27)23-12-1-3-13(4-2-12)24-7-8-28-10-16(24)26/h1-4,14-15H,5-11,22H2,(H,23,27)/t15-/m0/s1. The van der Waals surface area contributed by atoms with Gasteiger partial charge in [0.2, 0.25) is 5.91 Å². The molecule has 28 heavy (non-hydrogen) atoms. The molecule has 1 saturated heterocycles. The summed E-state index contributed by atoms with van der Waals surface area (Å²) in [4.78, 5) is 27.1. The van der Waals surface area contributed by atoms with E-state index in [0.717, 1.165) is 4.90 Å². The van der Waals surface area contributed by atoms with Crippen LogP contribution in [0.3, 0.4) is 0 Å². The lowest BCUT2D eigenvalue weighted by molar-refractivity contribution is -0.154. The molecule has 0 radical (unpaired) electrons. The highest BCUT2D eigenvalue weighted by molar-refractivity contribution is 5.97. The summed E-state index contributed by atoms with van der Waals surface area (Å²) >= 11 is 0. The number of amides is 2. The molecular weight excluding hydrogens is 377 g/mol. The van der Waals surface area contributed by atoms with Crippen molar-refractivity contribution in [2.75, 3.05) is 43.1 Å². The Morgan fingerprint density at radius 3 is 2.54 bits per heavy atom. The fraction of sp³-hybridized carbons (Fsp3) is 0.556. The molecule has 2 fully saturated rings. The number of morpholine rings is 1. The van der Waals surface area contributed by atoms with Crippen LogP contribution < -0.4 is 16.0 Å². The van der Waals surface area contributed by atoms with Gasteiger partial charge in [-0.2, -0.15) is 13.2 Å². The van der Waals surface area contributed by atoms with Crippen molar-refractivity contribution in [3.63, 3.8) is 0 Å². The van der Waals surface area contributed by atoms with E-state index in [9.17, 15) is 22.8 Å². The Bertz CT molecular complexity index is 707. The average Bonchev–Trinajstić information content (AvgIpc) is 3.47. The molecule has 3 rings (SSSR count). The number of carbonyl (C=O) groups excluding carboxylic acids is 2. The molecule has 1 atom stereocenters. The molecule has 1 heterocycles. The number of rotatable bonds is 7. The largest absolute Gasteiger partial charge is 0.401 e. The predicted octanol–water partition coefficient (Wildman–Crippen LogP) is 1.34. The third kappa shape index (κ3) is 5.21. The minimum atomic E-state index is -4.40. The molecule has 1 aromatic carbocycles. The molecule has 0 aromatic heterocycles. The number of hydrogen-bond acceptors (Lipinski definition) is 5. The fourth-order valence-electron chi connectivity index (χ4n) is 3.24. The van der Waals surface area contributed by atoms with Gasteiger partial charge in [-0.25, -0.2) is 0 Å². The van der Waals surface area contributed by atoms with Gasteiger partial charge in [0.15, 0.2) is 0 Å². The van der Waals surface area contributed by atoms with Crippen molar-refractivity contribution in [1.82, 2.24) is 4.90 Å². The van der Waals surface area contributed by atoms with Crippen LogP contribution in [0.2, 0.25) is 0 Å². The van der Waals surface area contributed by atoms with Crippen molar-refractivity contribution in [1.29, 1.82) is 0 Å². The molecule has 3 N–H and O–H groups in total. The highest BCUT2D eigenvalue weighted by atomic mass is 19.4. The van der Waals surface area contributed by atoms with E-state index in [1.165, 1.54) is 0 Å². The first kappa shape index (κ1) is 20.6. The van der Waals surface area contributed by atoms with Crippen LogP contribution in [0.1, 0.15) is 12.8 Å². The highest BCUT2D eigenvalue weighted by Gasteiger charge is 2.43. The smallest absolute Gasteiger partial charge is 0.370 e. The number of nitrogens with zero attached hydrogens (tertiary/aromatic N) is 2. The van der Waals surface area contributed by atoms with E-state index in [0.29, 0.717) is 37.4 Å². The van der Waals surface area contributed by atoms with Crippen molar-refractivity contribution >= 4 is 23.2 Å². The second kappa shape index (κ2) is 8.46. The minimum absolute atomic E-state index is 0.0207. The monoisotopic (exact) mass is 400 g/mol. The van der Waals surface area contributed by atoms with Crippen LogP contribution in [0.25, 0.3) is 0 Å². The molecule has 7 nitrogen and oxygen atoms in total. The van der Waals surface area contributed by atoms with E-state index in [2.05, 4.69) is 5.32 Å². The molecule has 0 bridgehead atoms. The van der Waals surface area contributed by atoms with Crippen LogP contribution in [0.4, 0.5) is 24.5 Å². The SMILES string of the molecule is NC[C@@H](C(=O)Nc1ccc(N2CCOCC2=O)cc1)N(CC(F)(F)F)C1CC1. The molecule has 154 valence electrons. The van der Waals surface area contributed by atoms with E-state index < -0.39 is 24.7 Å². The zero-order chi connectivity index (χ0) is 20.3. The summed E-state index contributed by atoms with van der Waals surface area (Å²) in [6, 6.07) is 5.23. The zero-order valence-corrected chi connectivity index (χ0v) is 15.2. The van der Waals surface area contributed by atoms with Crippen LogP contribution in [0.15, 0.2) is 24.3 Å². The Labute approximate surface area is 160 Å². The van der Waals surface area contributed by atoms with Crippen LogP contribution in [0, 0.1) is 0 Å². The quantitative estimate of drug-likeness (QED) is 0.721. The van der Waals surface area contributed by atoms with Crippen LogP contribution in [-0.4, -0.2) is 67.8 Å². The Hall–Kier alpha value is -2.17. The summed E-state index contributed by atoms with van der Waals surface area (Å²) in [5, 5.41) is 2.63. The van der Waals surface area contributed by atoms with Gasteiger partial charge in [-0.1, -0.05) is 0 Å². The van der Waals surface area contributed by atoms with Gasteiger partial charge in [-0.3, -0.25) is 14.5 Å². The van der Waals surface area contributed by atoms with Gasteiger partial charge in [0.1, 0.15) is 12.6 Å². The van der Waals surface area contributed by atoms with Gasteiger partial charge in [0.05, 0.1) is 13.2 Å². The lowest BCUT2D eigenvalue weighted by atomic mass is 10.2. The van der Waals surface area contributed by atoms with Crippen molar-refractivity contribution in [3.8, 4) is 0 Å². The molecule has 1 aromatic rings. The van der Waals surface area contributed by atoms with E-state index in [4.69, 9.17) is 10.5 Å². The van der Waals surface area contributed by atoms with Crippen LogP contribution in [0.5, 0.6) is 0 Å². The van der Waals surface area contributed by atoms with Gasteiger partial charge in [-0.15, -0.1) is 0 Å². The molecule has 2 amide bonds. The summed E-state index contributed by atoms with van der Waals surface area (Å²) in [6.07, 6.45) is -3.15. The van der Waals surface area contributed by atoms with E-state index in [-0.39, 0.29) is 25.1 Å². The molecule has 1 aliphatic carbocycles. The number of benzene rings is 1. The molecular formula is C18H23F3N4O3.